The highest BCUT2D eigenvalue weighted by atomic mass is 16.3. The fraction of sp³-hybridized carbons (Fsp3) is 0.533. The third-order valence-electron chi connectivity index (χ3n) is 3.94. The average molecular weight is 260 g/mol. The van der Waals surface area contributed by atoms with Gasteiger partial charge in [-0.15, -0.1) is 0 Å². The lowest BCUT2D eigenvalue weighted by Gasteiger charge is -2.26. The number of aromatic nitrogens is 1. The van der Waals surface area contributed by atoms with Crippen molar-refractivity contribution < 1.29 is 9.52 Å². The molecule has 0 spiro atoms. The van der Waals surface area contributed by atoms with Crippen LogP contribution in [0.15, 0.2) is 29.0 Å². The van der Waals surface area contributed by atoms with E-state index in [-0.39, 0.29) is 6.10 Å². The van der Waals surface area contributed by atoms with E-state index in [1.807, 2.05) is 6.07 Å². The van der Waals surface area contributed by atoms with Crippen molar-refractivity contribution >= 4 is 11.1 Å². The fourth-order valence-electron chi connectivity index (χ4n) is 2.76. The van der Waals surface area contributed by atoms with Crippen LogP contribution in [-0.4, -0.2) is 28.8 Å². The van der Waals surface area contributed by atoms with Crippen LogP contribution in [-0.2, 0) is 6.42 Å². The molecule has 1 aromatic heterocycles. The molecule has 3 rings (SSSR count). The maximum Gasteiger partial charge on any atom is 0.181 e. The van der Waals surface area contributed by atoms with Crippen molar-refractivity contribution in [2.24, 2.45) is 0 Å². The zero-order chi connectivity index (χ0) is 13.1. The number of hydrogen-bond acceptors (Lipinski definition) is 4. The number of aliphatic hydroxyl groups is 1. The van der Waals surface area contributed by atoms with Gasteiger partial charge < -0.3 is 14.8 Å². The first kappa shape index (κ1) is 12.6. The molecule has 0 bridgehead atoms. The molecule has 0 atom stereocenters. The number of oxazole rings is 1. The van der Waals surface area contributed by atoms with Crippen LogP contribution in [0.25, 0.3) is 11.1 Å². The molecule has 1 aliphatic carbocycles. The zero-order valence-electron chi connectivity index (χ0n) is 11.0. The maximum atomic E-state index is 9.47. The molecule has 1 aliphatic rings. The van der Waals surface area contributed by atoms with Gasteiger partial charge in [0.2, 0.25) is 0 Å². The number of nitrogens with zero attached hydrogens (tertiary/aromatic N) is 1. The molecule has 0 aliphatic heterocycles. The Morgan fingerprint density at radius 1 is 1.26 bits per heavy atom. The van der Waals surface area contributed by atoms with Crippen LogP contribution in [0.3, 0.4) is 0 Å². The molecular formula is C15H20N2O2. The summed E-state index contributed by atoms with van der Waals surface area (Å²) in [4.78, 5) is 4.11. The molecule has 0 unspecified atom stereocenters. The fourth-order valence-corrected chi connectivity index (χ4v) is 2.76. The van der Waals surface area contributed by atoms with Crippen LogP contribution in [0.5, 0.6) is 0 Å². The zero-order valence-corrected chi connectivity index (χ0v) is 11.0. The highest BCUT2D eigenvalue weighted by molar-refractivity contribution is 5.72. The lowest BCUT2D eigenvalue weighted by molar-refractivity contribution is 0.117. The van der Waals surface area contributed by atoms with Crippen LogP contribution in [0, 0.1) is 0 Å². The molecule has 1 fully saturated rings. The van der Waals surface area contributed by atoms with Gasteiger partial charge in [0.15, 0.2) is 12.0 Å². The first-order valence-corrected chi connectivity index (χ1v) is 7.05. The average Bonchev–Trinajstić information content (AvgIpc) is 2.88. The van der Waals surface area contributed by atoms with Crippen molar-refractivity contribution in [1.29, 1.82) is 0 Å². The van der Waals surface area contributed by atoms with Crippen molar-refractivity contribution in [1.82, 2.24) is 10.3 Å². The van der Waals surface area contributed by atoms with Crippen LogP contribution in [0.4, 0.5) is 0 Å². The highest BCUT2D eigenvalue weighted by Crippen LogP contribution is 2.18. The number of benzene rings is 1. The van der Waals surface area contributed by atoms with Crippen molar-refractivity contribution in [3.8, 4) is 0 Å². The molecule has 102 valence electrons. The summed E-state index contributed by atoms with van der Waals surface area (Å²) in [5.41, 5.74) is 3.05. The minimum absolute atomic E-state index is 0.0769. The summed E-state index contributed by atoms with van der Waals surface area (Å²) in [6.45, 7) is 0.973. The lowest BCUT2D eigenvalue weighted by Crippen LogP contribution is -2.35. The first-order chi connectivity index (χ1) is 9.31. The smallest absolute Gasteiger partial charge is 0.181 e. The summed E-state index contributed by atoms with van der Waals surface area (Å²) in [6, 6.07) is 6.74. The standard InChI is InChI=1S/C15H20N2O2/c18-13-4-2-12(3-5-13)16-8-7-11-1-6-14-15(9-11)19-10-17-14/h1,6,9-10,12-13,16,18H,2-5,7-8H2. The monoisotopic (exact) mass is 260 g/mol. The largest absolute Gasteiger partial charge is 0.443 e. The van der Waals surface area contributed by atoms with Gasteiger partial charge in [-0.3, -0.25) is 0 Å². The lowest BCUT2D eigenvalue weighted by atomic mass is 9.93. The Bertz CT molecular complexity index is 530. The number of rotatable bonds is 4. The van der Waals surface area contributed by atoms with Crippen LogP contribution < -0.4 is 5.32 Å². The highest BCUT2D eigenvalue weighted by Gasteiger charge is 2.18. The summed E-state index contributed by atoms with van der Waals surface area (Å²) >= 11 is 0. The predicted octanol–water partition coefficient (Wildman–Crippen LogP) is 2.26. The van der Waals surface area contributed by atoms with Gasteiger partial charge in [0.05, 0.1) is 6.10 Å². The Labute approximate surface area is 112 Å². The van der Waals surface area contributed by atoms with Gasteiger partial charge >= 0.3 is 0 Å². The summed E-state index contributed by atoms with van der Waals surface area (Å²) < 4.78 is 5.31. The minimum atomic E-state index is -0.0769. The van der Waals surface area contributed by atoms with Crippen molar-refractivity contribution in [2.75, 3.05) is 6.54 Å². The van der Waals surface area contributed by atoms with Gasteiger partial charge in [0, 0.05) is 6.04 Å². The summed E-state index contributed by atoms with van der Waals surface area (Å²) in [5, 5.41) is 13.0. The second-order valence-corrected chi connectivity index (χ2v) is 5.36. The van der Waals surface area contributed by atoms with Crippen molar-refractivity contribution in [2.45, 2.75) is 44.2 Å². The van der Waals surface area contributed by atoms with Gasteiger partial charge in [0.1, 0.15) is 5.52 Å². The molecule has 2 aromatic rings. The molecule has 2 N–H and O–H groups in total. The maximum absolute atomic E-state index is 9.47. The van der Waals surface area contributed by atoms with E-state index in [1.54, 1.807) is 0 Å². The normalized spacial score (nSPS) is 23.8. The number of hydrogen-bond donors (Lipinski definition) is 2. The van der Waals surface area contributed by atoms with E-state index in [0.29, 0.717) is 6.04 Å². The molecule has 1 aromatic carbocycles. The molecule has 19 heavy (non-hydrogen) atoms. The second-order valence-electron chi connectivity index (χ2n) is 5.36. The van der Waals surface area contributed by atoms with Gasteiger partial charge in [-0.2, -0.15) is 0 Å². The van der Waals surface area contributed by atoms with E-state index >= 15 is 0 Å². The Kier molecular flexibility index (Phi) is 3.80. The van der Waals surface area contributed by atoms with Gasteiger partial charge in [-0.1, -0.05) is 6.07 Å². The van der Waals surface area contributed by atoms with E-state index in [1.165, 1.54) is 12.0 Å². The van der Waals surface area contributed by atoms with Crippen LogP contribution in [0.2, 0.25) is 0 Å². The van der Waals surface area contributed by atoms with Crippen molar-refractivity contribution in [3.63, 3.8) is 0 Å². The van der Waals surface area contributed by atoms with Crippen molar-refractivity contribution in [3.05, 3.63) is 30.2 Å². The molecule has 1 saturated carbocycles. The van der Waals surface area contributed by atoms with E-state index in [0.717, 1.165) is 49.7 Å². The van der Waals surface area contributed by atoms with E-state index in [9.17, 15) is 5.11 Å². The predicted molar refractivity (Wildman–Crippen MR) is 74.0 cm³/mol. The van der Waals surface area contributed by atoms with Crippen LogP contribution >= 0.6 is 0 Å². The molecule has 1 heterocycles. The molecule has 0 saturated heterocycles. The summed E-state index contributed by atoms with van der Waals surface area (Å²) in [7, 11) is 0. The van der Waals surface area contributed by atoms with Crippen LogP contribution in [0.1, 0.15) is 31.2 Å². The Balaban J connectivity index is 1.49. The third-order valence-corrected chi connectivity index (χ3v) is 3.94. The molecule has 4 heteroatoms. The van der Waals surface area contributed by atoms with E-state index < -0.39 is 0 Å². The van der Waals surface area contributed by atoms with Gasteiger partial charge in [0.25, 0.3) is 0 Å². The Morgan fingerprint density at radius 2 is 2.11 bits per heavy atom. The molecule has 4 nitrogen and oxygen atoms in total. The Hall–Kier alpha value is -1.39. The van der Waals surface area contributed by atoms with E-state index in [2.05, 4.69) is 22.4 Å². The third kappa shape index (κ3) is 3.14. The summed E-state index contributed by atoms with van der Waals surface area (Å²) in [6.07, 6.45) is 6.44. The minimum Gasteiger partial charge on any atom is -0.443 e. The van der Waals surface area contributed by atoms with Gasteiger partial charge in [-0.25, -0.2) is 4.98 Å². The number of nitrogens with one attached hydrogen (secondary N) is 1. The molecule has 0 radical (unpaired) electrons. The number of fused-ring (bicyclic) bond motifs is 1. The first-order valence-electron chi connectivity index (χ1n) is 7.05. The Morgan fingerprint density at radius 3 is 2.95 bits per heavy atom. The van der Waals surface area contributed by atoms with E-state index in [4.69, 9.17) is 4.42 Å². The topological polar surface area (TPSA) is 58.3 Å². The molecule has 0 amide bonds. The summed E-state index contributed by atoms with van der Waals surface area (Å²) in [5.74, 6) is 0. The van der Waals surface area contributed by atoms with Gasteiger partial charge in [-0.05, 0) is 56.3 Å². The molecular weight excluding hydrogens is 240 g/mol. The number of aliphatic hydroxyl groups excluding tert-OH is 1. The quantitative estimate of drug-likeness (QED) is 0.885. The SMILES string of the molecule is OC1CCC(NCCc2ccc3ncoc3c2)CC1. The second kappa shape index (κ2) is 5.72.